The first kappa shape index (κ1) is 19.5. The molecule has 0 aromatic carbocycles. The van der Waals surface area contributed by atoms with Crippen LogP contribution < -0.4 is 9.64 Å². The summed E-state index contributed by atoms with van der Waals surface area (Å²) in [6.07, 6.45) is 9.26. The van der Waals surface area contributed by atoms with Gasteiger partial charge in [-0.3, -0.25) is 4.79 Å². The molecule has 1 aliphatic rings. The van der Waals surface area contributed by atoms with Gasteiger partial charge in [0.2, 0.25) is 5.91 Å². The molecular formula is C19H32N4O2. The second-order valence-electron chi connectivity index (χ2n) is 7.02. The van der Waals surface area contributed by atoms with Crippen molar-refractivity contribution >= 4 is 11.7 Å². The summed E-state index contributed by atoms with van der Waals surface area (Å²) in [5, 5.41) is 0. The zero-order valence-corrected chi connectivity index (χ0v) is 16.1. The van der Waals surface area contributed by atoms with Gasteiger partial charge in [-0.15, -0.1) is 0 Å². The highest BCUT2D eigenvalue weighted by atomic mass is 16.5. The first-order valence-electron chi connectivity index (χ1n) is 9.50. The van der Waals surface area contributed by atoms with E-state index in [0.29, 0.717) is 18.3 Å². The molecule has 0 spiro atoms. The molecule has 6 nitrogen and oxygen atoms in total. The van der Waals surface area contributed by atoms with E-state index in [-0.39, 0.29) is 12.0 Å². The Morgan fingerprint density at radius 2 is 1.96 bits per heavy atom. The highest BCUT2D eigenvalue weighted by Gasteiger charge is 2.29. The predicted octanol–water partition coefficient (Wildman–Crippen LogP) is 3.13. The summed E-state index contributed by atoms with van der Waals surface area (Å²) in [5.74, 6) is 1.72. The van der Waals surface area contributed by atoms with E-state index >= 15 is 0 Å². The molecule has 1 aromatic rings. The van der Waals surface area contributed by atoms with Crippen molar-refractivity contribution in [3.63, 3.8) is 0 Å². The van der Waals surface area contributed by atoms with Crippen LogP contribution in [-0.2, 0) is 4.79 Å². The standard InChI is InChI=1S/C19H32N4O2/c1-5-8-15(9-6-2)19(24)23-13-7-10-16(14-23)25-18-17(22(3)4)20-11-12-21-18/h11-12,15-16H,5-10,13-14H2,1-4H3. The first-order valence-corrected chi connectivity index (χ1v) is 9.50. The maximum absolute atomic E-state index is 12.9. The second kappa shape index (κ2) is 9.59. The van der Waals surface area contributed by atoms with Gasteiger partial charge in [0, 0.05) is 39.0 Å². The van der Waals surface area contributed by atoms with Crippen molar-refractivity contribution in [1.82, 2.24) is 14.9 Å². The Hall–Kier alpha value is -1.85. The molecular weight excluding hydrogens is 316 g/mol. The topological polar surface area (TPSA) is 58.6 Å². The van der Waals surface area contributed by atoms with E-state index in [1.807, 2.05) is 23.9 Å². The number of hydrogen-bond donors (Lipinski definition) is 0. The van der Waals surface area contributed by atoms with Gasteiger partial charge in [-0.05, 0) is 25.7 Å². The van der Waals surface area contributed by atoms with Crippen LogP contribution in [0.25, 0.3) is 0 Å². The molecule has 140 valence electrons. The molecule has 0 saturated carbocycles. The SMILES string of the molecule is CCCC(CCC)C(=O)N1CCCC(Oc2nccnc2N(C)C)C1. The van der Waals surface area contributed by atoms with Gasteiger partial charge in [-0.25, -0.2) is 9.97 Å². The van der Waals surface area contributed by atoms with Crippen molar-refractivity contribution in [1.29, 1.82) is 0 Å². The van der Waals surface area contributed by atoms with Gasteiger partial charge < -0.3 is 14.5 Å². The number of carbonyl (C=O) groups is 1. The minimum absolute atomic E-state index is 0.0167. The molecule has 2 rings (SSSR count). The lowest BCUT2D eigenvalue weighted by atomic mass is 9.95. The van der Waals surface area contributed by atoms with Crippen LogP contribution in [0.1, 0.15) is 52.4 Å². The zero-order valence-electron chi connectivity index (χ0n) is 16.1. The summed E-state index contributed by atoms with van der Waals surface area (Å²) in [6.45, 7) is 5.78. The van der Waals surface area contributed by atoms with E-state index in [4.69, 9.17) is 4.74 Å². The fraction of sp³-hybridized carbons (Fsp3) is 0.737. The van der Waals surface area contributed by atoms with Gasteiger partial charge in [0.1, 0.15) is 6.10 Å². The molecule has 2 heterocycles. The van der Waals surface area contributed by atoms with Crippen molar-refractivity contribution in [2.24, 2.45) is 5.92 Å². The van der Waals surface area contributed by atoms with Crippen LogP contribution in [0.2, 0.25) is 0 Å². The minimum atomic E-state index is -0.0167. The minimum Gasteiger partial charge on any atom is -0.470 e. The number of piperidine rings is 1. The van der Waals surface area contributed by atoms with Crippen LogP contribution in [0.3, 0.4) is 0 Å². The van der Waals surface area contributed by atoms with Gasteiger partial charge in [0.15, 0.2) is 5.82 Å². The number of likely N-dealkylation sites (tertiary alicyclic amines) is 1. The van der Waals surface area contributed by atoms with Crippen LogP contribution >= 0.6 is 0 Å². The zero-order chi connectivity index (χ0) is 18.2. The van der Waals surface area contributed by atoms with Crippen LogP contribution in [0, 0.1) is 5.92 Å². The second-order valence-corrected chi connectivity index (χ2v) is 7.02. The summed E-state index contributed by atoms with van der Waals surface area (Å²) < 4.78 is 6.12. The van der Waals surface area contributed by atoms with Gasteiger partial charge in [0.25, 0.3) is 5.88 Å². The number of aromatic nitrogens is 2. The molecule has 0 bridgehead atoms. The molecule has 1 amide bonds. The van der Waals surface area contributed by atoms with E-state index in [0.717, 1.165) is 50.9 Å². The average Bonchev–Trinajstić information content (AvgIpc) is 2.61. The van der Waals surface area contributed by atoms with Crippen molar-refractivity contribution in [2.45, 2.75) is 58.5 Å². The molecule has 1 fully saturated rings. The Labute approximate surface area is 151 Å². The fourth-order valence-electron chi connectivity index (χ4n) is 3.45. The number of amides is 1. The maximum Gasteiger partial charge on any atom is 0.257 e. The lowest BCUT2D eigenvalue weighted by Gasteiger charge is -2.35. The van der Waals surface area contributed by atoms with Gasteiger partial charge in [-0.1, -0.05) is 26.7 Å². The third kappa shape index (κ3) is 5.31. The van der Waals surface area contributed by atoms with Crippen molar-refractivity contribution in [3.05, 3.63) is 12.4 Å². The lowest BCUT2D eigenvalue weighted by molar-refractivity contribution is -0.138. The molecule has 1 saturated heterocycles. The molecule has 0 aliphatic carbocycles. The highest BCUT2D eigenvalue weighted by Crippen LogP contribution is 2.25. The van der Waals surface area contributed by atoms with Crippen LogP contribution in [0.4, 0.5) is 5.82 Å². The van der Waals surface area contributed by atoms with Crippen LogP contribution in [0.15, 0.2) is 12.4 Å². The normalized spacial score (nSPS) is 17.6. The Kier molecular flexibility index (Phi) is 7.47. The quantitative estimate of drug-likeness (QED) is 0.722. The summed E-state index contributed by atoms with van der Waals surface area (Å²) in [4.78, 5) is 25.4. The van der Waals surface area contributed by atoms with E-state index in [1.165, 1.54) is 0 Å². The molecule has 1 unspecified atom stereocenters. The summed E-state index contributed by atoms with van der Waals surface area (Å²) in [6, 6.07) is 0. The highest BCUT2D eigenvalue weighted by molar-refractivity contribution is 5.79. The van der Waals surface area contributed by atoms with Gasteiger partial charge >= 0.3 is 0 Å². The fourth-order valence-corrected chi connectivity index (χ4v) is 3.45. The van der Waals surface area contributed by atoms with E-state index in [9.17, 15) is 4.79 Å². The molecule has 0 radical (unpaired) electrons. The predicted molar refractivity (Wildman–Crippen MR) is 99.9 cm³/mol. The summed E-state index contributed by atoms with van der Waals surface area (Å²) in [7, 11) is 3.85. The number of hydrogen-bond acceptors (Lipinski definition) is 5. The Morgan fingerprint density at radius 1 is 1.28 bits per heavy atom. The number of carbonyl (C=O) groups excluding carboxylic acids is 1. The monoisotopic (exact) mass is 348 g/mol. The molecule has 6 heteroatoms. The Bertz CT molecular complexity index is 544. The summed E-state index contributed by atoms with van der Waals surface area (Å²) >= 11 is 0. The van der Waals surface area contributed by atoms with E-state index in [2.05, 4.69) is 23.8 Å². The molecule has 1 aromatic heterocycles. The lowest BCUT2D eigenvalue weighted by Crippen LogP contribution is -2.46. The van der Waals surface area contributed by atoms with E-state index in [1.54, 1.807) is 12.4 Å². The number of nitrogens with zero attached hydrogens (tertiary/aromatic N) is 4. The number of rotatable bonds is 8. The Balaban J connectivity index is 2.02. The van der Waals surface area contributed by atoms with Crippen LogP contribution in [0.5, 0.6) is 5.88 Å². The van der Waals surface area contributed by atoms with Gasteiger partial charge in [0.05, 0.1) is 6.54 Å². The van der Waals surface area contributed by atoms with Crippen LogP contribution in [-0.4, -0.2) is 54.1 Å². The number of anilines is 1. The maximum atomic E-state index is 12.9. The first-order chi connectivity index (χ1) is 12.1. The van der Waals surface area contributed by atoms with Crippen molar-refractivity contribution in [3.8, 4) is 5.88 Å². The van der Waals surface area contributed by atoms with Crippen molar-refractivity contribution in [2.75, 3.05) is 32.1 Å². The molecule has 1 atom stereocenters. The smallest absolute Gasteiger partial charge is 0.257 e. The van der Waals surface area contributed by atoms with E-state index < -0.39 is 0 Å². The third-order valence-corrected chi connectivity index (χ3v) is 4.66. The largest absolute Gasteiger partial charge is 0.470 e. The molecule has 0 N–H and O–H groups in total. The van der Waals surface area contributed by atoms with Crippen molar-refractivity contribution < 1.29 is 9.53 Å². The molecule has 25 heavy (non-hydrogen) atoms. The Morgan fingerprint density at radius 3 is 2.60 bits per heavy atom. The molecule has 1 aliphatic heterocycles. The third-order valence-electron chi connectivity index (χ3n) is 4.66. The number of ether oxygens (including phenoxy) is 1. The van der Waals surface area contributed by atoms with Gasteiger partial charge in [-0.2, -0.15) is 0 Å². The average molecular weight is 348 g/mol. The summed E-state index contributed by atoms with van der Waals surface area (Å²) in [5.41, 5.74) is 0.